The molecule has 1 aliphatic rings. The lowest BCUT2D eigenvalue weighted by atomic mass is 10.1. The third kappa shape index (κ3) is 9.72. The molecule has 0 aliphatic carbocycles. The van der Waals surface area contributed by atoms with Crippen LogP contribution in [0.2, 0.25) is 0 Å². The van der Waals surface area contributed by atoms with Gasteiger partial charge in [0, 0.05) is 83.1 Å². The maximum atomic E-state index is 13.9. The largest absolute Gasteiger partial charge is 0.309 e. The molecule has 0 aromatic heterocycles. The summed E-state index contributed by atoms with van der Waals surface area (Å²) in [5.41, 5.74) is 2.43. The van der Waals surface area contributed by atoms with Gasteiger partial charge in [-0.1, -0.05) is 30.3 Å². The number of nitrogens with one attached hydrogen (secondary N) is 1. The maximum absolute atomic E-state index is 13.9. The van der Waals surface area contributed by atoms with E-state index in [0.717, 1.165) is 44.9 Å². The zero-order valence-electron chi connectivity index (χ0n) is 22.7. The molecule has 0 amide bonds. The molecule has 0 saturated carbocycles. The summed E-state index contributed by atoms with van der Waals surface area (Å²) in [7, 11) is 0. The van der Waals surface area contributed by atoms with Gasteiger partial charge >= 0.3 is 0 Å². The zero-order valence-corrected chi connectivity index (χ0v) is 22.7. The Morgan fingerprint density at radius 2 is 0.949 bits per heavy atom. The third-order valence-electron chi connectivity index (χ3n) is 7.00. The molecule has 8 heteroatoms. The van der Waals surface area contributed by atoms with Crippen LogP contribution in [-0.4, -0.2) is 66.1 Å². The molecule has 0 spiro atoms. The van der Waals surface area contributed by atoms with Crippen LogP contribution >= 0.6 is 0 Å². The second kappa shape index (κ2) is 14.0. The minimum absolute atomic E-state index is 0.119. The molecule has 4 nitrogen and oxygen atoms in total. The number of hydrogen-bond donors (Lipinski definition) is 1. The van der Waals surface area contributed by atoms with Crippen molar-refractivity contribution >= 4 is 0 Å². The minimum Gasteiger partial charge on any atom is -0.309 e. The normalized spacial score (nSPS) is 20.9. The second-order valence-corrected chi connectivity index (χ2v) is 10.8. The van der Waals surface area contributed by atoms with Gasteiger partial charge in [-0.3, -0.25) is 14.7 Å². The van der Waals surface area contributed by atoms with Crippen LogP contribution in [0.25, 0.3) is 0 Å². The van der Waals surface area contributed by atoms with Gasteiger partial charge in [-0.2, -0.15) is 0 Å². The van der Waals surface area contributed by atoms with Crippen molar-refractivity contribution in [3.63, 3.8) is 0 Å². The number of hydrogen-bond acceptors (Lipinski definition) is 4. The molecule has 39 heavy (non-hydrogen) atoms. The fraction of sp³-hybridized carbons (Fsp3) is 0.419. The topological polar surface area (TPSA) is 21.8 Å². The molecule has 210 valence electrons. The van der Waals surface area contributed by atoms with Crippen molar-refractivity contribution in [2.24, 2.45) is 0 Å². The number of halogens is 4. The lowest BCUT2D eigenvalue weighted by molar-refractivity contribution is 0.139. The van der Waals surface area contributed by atoms with Crippen molar-refractivity contribution < 1.29 is 17.6 Å². The Hall–Kier alpha value is -2.78. The van der Waals surface area contributed by atoms with Gasteiger partial charge in [-0.15, -0.1) is 0 Å². The van der Waals surface area contributed by atoms with Crippen LogP contribution < -0.4 is 5.32 Å². The zero-order chi connectivity index (χ0) is 27.8. The van der Waals surface area contributed by atoms with Gasteiger partial charge in [0.1, 0.15) is 23.3 Å². The molecule has 4 rings (SSSR count). The van der Waals surface area contributed by atoms with Crippen molar-refractivity contribution in [1.82, 2.24) is 20.0 Å². The molecule has 3 aromatic rings. The molecule has 1 saturated heterocycles. The summed E-state index contributed by atoms with van der Waals surface area (Å²) in [6.07, 6.45) is 0. The van der Waals surface area contributed by atoms with Crippen LogP contribution in [0.4, 0.5) is 17.6 Å². The highest BCUT2D eigenvalue weighted by molar-refractivity contribution is 5.19. The molecule has 0 radical (unpaired) electrons. The molecule has 2 atom stereocenters. The van der Waals surface area contributed by atoms with E-state index in [9.17, 15) is 17.6 Å². The van der Waals surface area contributed by atoms with E-state index < -0.39 is 23.3 Å². The monoisotopic (exact) mass is 542 g/mol. The molecular weight excluding hydrogens is 504 g/mol. The van der Waals surface area contributed by atoms with E-state index in [1.807, 2.05) is 18.2 Å². The number of rotatable bonds is 6. The fourth-order valence-electron chi connectivity index (χ4n) is 5.43. The number of benzene rings is 3. The quantitative estimate of drug-likeness (QED) is 0.420. The summed E-state index contributed by atoms with van der Waals surface area (Å²) in [6, 6.07) is 17.9. The molecule has 0 unspecified atom stereocenters. The first-order chi connectivity index (χ1) is 18.7. The lowest BCUT2D eigenvalue weighted by Crippen LogP contribution is -2.50. The predicted octanol–water partition coefficient (Wildman–Crippen LogP) is 5.43. The molecule has 1 heterocycles. The van der Waals surface area contributed by atoms with E-state index >= 15 is 0 Å². The summed E-state index contributed by atoms with van der Waals surface area (Å²) in [5, 5.41) is 3.63. The fourth-order valence-corrected chi connectivity index (χ4v) is 5.43. The second-order valence-electron chi connectivity index (χ2n) is 10.8. The van der Waals surface area contributed by atoms with Crippen molar-refractivity contribution in [2.45, 2.75) is 45.6 Å². The minimum atomic E-state index is -0.567. The lowest BCUT2D eigenvalue weighted by Gasteiger charge is -2.35. The first-order valence-electron chi connectivity index (χ1n) is 13.6. The van der Waals surface area contributed by atoms with Crippen LogP contribution in [-0.2, 0) is 19.6 Å². The average Bonchev–Trinajstić information content (AvgIpc) is 2.84. The molecule has 1 N–H and O–H groups in total. The highest BCUT2D eigenvalue weighted by Gasteiger charge is 2.20. The van der Waals surface area contributed by atoms with E-state index in [2.05, 4.69) is 46.0 Å². The van der Waals surface area contributed by atoms with Crippen molar-refractivity contribution in [3.05, 3.63) is 107 Å². The Labute approximate surface area is 229 Å². The first kappa shape index (κ1) is 29.2. The summed E-state index contributed by atoms with van der Waals surface area (Å²) in [5.74, 6) is -2.27. The van der Waals surface area contributed by atoms with E-state index in [0.29, 0.717) is 37.3 Å². The van der Waals surface area contributed by atoms with Crippen molar-refractivity contribution in [1.29, 1.82) is 0 Å². The third-order valence-corrected chi connectivity index (χ3v) is 7.00. The van der Waals surface area contributed by atoms with Gasteiger partial charge in [-0.05, 0) is 54.8 Å². The van der Waals surface area contributed by atoms with Gasteiger partial charge < -0.3 is 5.32 Å². The van der Waals surface area contributed by atoms with Gasteiger partial charge in [0.2, 0.25) is 0 Å². The van der Waals surface area contributed by atoms with Crippen LogP contribution in [0.15, 0.2) is 66.7 Å². The molecule has 3 aromatic carbocycles. The van der Waals surface area contributed by atoms with Crippen LogP contribution in [0, 0.1) is 23.3 Å². The summed E-state index contributed by atoms with van der Waals surface area (Å²) < 4.78 is 55.6. The average molecular weight is 543 g/mol. The smallest absolute Gasteiger partial charge is 0.126 e. The Bertz CT molecular complexity index is 1080. The van der Waals surface area contributed by atoms with E-state index in [1.54, 1.807) is 0 Å². The van der Waals surface area contributed by atoms with Crippen LogP contribution in [0.3, 0.4) is 0 Å². The maximum Gasteiger partial charge on any atom is 0.126 e. The van der Waals surface area contributed by atoms with Gasteiger partial charge in [0.25, 0.3) is 0 Å². The number of nitrogens with zero attached hydrogens (tertiary/aromatic N) is 3. The standard InChI is InChI=1S/C31H38F4N4/c1-23-18-38(21-26-12-28(32)16-29(33)13-26)10-8-37(20-25-6-4-3-5-7-25)9-11-39(19-24(2)36-23)22-27-14-30(34)17-31(35)15-27/h3-7,12-17,23-24,36H,8-11,18-22H2,1-2H3/t23-,24+. The highest BCUT2D eigenvalue weighted by Crippen LogP contribution is 2.15. The Morgan fingerprint density at radius 3 is 1.38 bits per heavy atom. The van der Waals surface area contributed by atoms with Gasteiger partial charge in [-0.25, -0.2) is 17.6 Å². The molecular formula is C31H38F4N4. The molecule has 0 bridgehead atoms. The molecule has 1 aliphatic heterocycles. The van der Waals surface area contributed by atoms with Gasteiger partial charge in [0.15, 0.2) is 0 Å². The first-order valence-corrected chi connectivity index (χ1v) is 13.6. The summed E-state index contributed by atoms with van der Waals surface area (Å²) in [6.45, 7) is 10.3. The highest BCUT2D eigenvalue weighted by atomic mass is 19.1. The van der Waals surface area contributed by atoms with Gasteiger partial charge in [0.05, 0.1) is 0 Å². The Morgan fingerprint density at radius 1 is 0.564 bits per heavy atom. The van der Waals surface area contributed by atoms with Crippen molar-refractivity contribution in [3.8, 4) is 0 Å². The van der Waals surface area contributed by atoms with Crippen molar-refractivity contribution in [2.75, 3.05) is 39.3 Å². The summed E-state index contributed by atoms with van der Waals surface area (Å²) in [4.78, 5) is 6.86. The Balaban J connectivity index is 1.53. The summed E-state index contributed by atoms with van der Waals surface area (Å²) >= 11 is 0. The molecule has 1 fully saturated rings. The Kier molecular flexibility index (Phi) is 10.5. The van der Waals surface area contributed by atoms with E-state index in [4.69, 9.17) is 0 Å². The predicted molar refractivity (Wildman–Crippen MR) is 147 cm³/mol. The van der Waals surface area contributed by atoms with Crippen LogP contribution in [0.1, 0.15) is 30.5 Å². The van der Waals surface area contributed by atoms with Crippen LogP contribution in [0.5, 0.6) is 0 Å². The van der Waals surface area contributed by atoms with E-state index in [-0.39, 0.29) is 12.1 Å². The SMILES string of the molecule is C[C@@H]1CN(Cc2cc(F)cc(F)c2)CCN(Cc2ccccc2)CCN(Cc2cc(F)cc(F)c2)C[C@H](C)N1. The van der Waals surface area contributed by atoms with E-state index in [1.165, 1.54) is 29.8 Å².